The maximum Gasteiger partial charge on any atom is 0.261 e. The van der Waals surface area contributed by atoms with Crippen molar-refractivity contribution in [1.82, 2.24) is 19.5 Å². The first-order valence-electron chi connectivity index (χ1n) is 9.90. The number of pyridine rings is 1. The Bertz CT molecular complexity index is 1340. The van der Waals surface area contributed by atoms with E-state index in [-0.39, 0.29) is 23.9 Å². The van der Waals surface area contributed by atoms with Crippen LogP contribution in [-0.4, -0.2) is 50.3 Å². The van der Waals surface area contributed by atoms with Crippen LogP contribution in [-0.2, 0) is 0 Å². The summed E-state index contributed by atoms with van der Waals surface area (Å²) < 4.78 is 1.52. The molecule has 3 N–H and O–H groups in total. The van der Waals surface area contributed by atoms with Crippen molar-refractivity contribution in [2.75, 3.05) is 18.4 Å². The van der Waals surface area contributed by atoms with Crippen LogP contribution in [0.1, 0.15) is 31.1 Å². The number of hydrogen-bond donors (Lipinski definition) is 2. The molecule has 2 aromatic heterocycles. The molecule has 0 spiro atoms. The van der Waals surface area contributed by atoms with Gasteiger partial charge in [0.05, 0.1) is 22.4 Å². The summed E-state index contributed by atoms with van der Waals surface area (Å²) in [6, 6.07) is 17.8. The molecule has 0 saturated heterocycles. The van der Waals surface area contributed by atoms with E-state index in [0.29, 0.717) is 23.3 Å². The Morgan fingerprint density at radius 2 is 1.66 bits per heavy atom. The third-order valence-corrected chi connectivity index (χ3v) is 5.37. The fourth-order valence-corrected chi connectivity index (χ4v) is 3.78. The second-order valence-corrected chi connectivity index (χ2v) is 7.26. The molecule has 157 valence electrons. The van der Waals surface area contributed by atoms with Gasteiger partial charge >= 0.3 is 0 Å². The summed E-state index contributed by atoms with van der Waals surface area (Å²) in [5.74, 6) is -1.12. The summed E-state index contributed by atoms with van der Waals surface area (Å²) in [6.45, 7) is 0.679. The van der Waals surface area contributed by atoms with E-state index in [9.17, 15) is 14.4 Å². The van der Waals surface area contributed by atoms with E-state index in [1.807, 2.05) is 24.3 Å². The molecule has 1 radical (unpaired) electrons. The molecule has 0 aliphatic carbocycles. The number of fused-ring (bicyclic) bond motifs is 2. The van der Waals surface area contributed by atoms with Crippen LogP contribution >= 0.6 is 0 Å². The summed E-state index contributed by atoms with van der Waals surface area (Å²) in [4.78, 5) is 41.7. The normalized spacial score (nSPS) is 12.9. The fraction of sp³-hybridized carbons (Fsp3) is 0.0870. The topological polar surface area (TPSA) is 123 Å². The van der Waals surface area contributed by atoms with E-state index >= 15 is 0 Å². The van der Waals surface area contributed by atoms with Crippen molar-refractivity contribution in [3.8, 4) is 11.3 Å². The number of aromatic nitrogens is 3. The first kappa shape index (κ1) is 19.4. The highest BCUT2D eigenvalue weighted by molar-refractivity contribution is 6.21. The predicted octanol–water partition coefficient (Wildman–Crippen LogP) is 2.00. The Morgan fingerprint density at radius 3 is 2.31 bits per heavy atom. The number of primary amides is 1. The van der Waals surface area contributed by atoms with Crippen molar-refractivity contribution in [2.24, 2.45) is 5.73 Å². The van der Waals surface area contributed by atoms with Gasteiger partial charge in [-0.2, -0.15) is 0 Å². The number of imide groups is 1. The van der Waals surface area contributed by atoms with Crippen LogP contribution in [0.3, 0.4) is 0 Å². The van der Waals surface area contributed by atoms with Gasteiger partial charge in [0, 0.05) is 24.3 Å². The quantitative estimate of drug-likeness (QED) is 0.456. The zero-order chi connectivity index (χ0) is 22.2. The molecule has 1 aliphatic rings. The minimum Gasteiger partial charge on any atom is -0.383 e. The first-order valence-corrected chi connectivity index (χ1v) is 9.90. The lowest BCUT2D eigenvalue weighted by atomic mass is 10.1. The van der Waals surface area contributed by atoms with Gasteiger partial charge in [0.25, 0.3) is 17.7 Å². The Morgan fingerprint density at radius 1 is 0.969 bits per heavy atom. The zero-order valence-corrected chi connectivity index (χ0v) is 16.8. The van der Waals surface area contributed by atoms with Gasteiger partial charge in [-0.15, -0.1) is 5.10 Å². The van der Waals surface area contributed by atoms with Gasteiger partial charge in [-0.1, -0.05) is 24.3 Å². The Hall–Kier alpha value is -4.53. The average Bonchev–Trinajstić information content (AvgIpc) is 3.39. The molecule has 1 aliphatic heterocycles. The number of rotatable bonds is 6. The standard InChI is InChI=1S/C23H17N6O3/c24-20(30)18-9-10-19(29-21(18)26-13-27-29)14-5-7-15(8-6-14)25-11-12-28-22(31)16-3-1-2-4-17(16)23(28)32/h1-10,25H,11-12H2,(H2,24,30). The van der Waals surface area contributed by atoms with E-state index in [1.54, 1.807) is 36.4 Å². The number of benzene rings is 2. The lowest BCUT2D eigenvalue weighted by molar-refractivity contribution is 0.0660. The van der Waals surface area contributed by atoms with Gasteiger partial charge in [-0.3, -0.25) is 19.3 Å². The van der Waals surface area contributed by atoms with Crippen LogP contribution in [0, 0.1) is 6.33 Å². The van der Waals surface area contributed by atoms with Gasteiger partial charge in [0.1, 0.15) is 0 Å². The number of nitrogens with one attached hydrogen (secondary N) is 1. The van der Waals surface area contributed by atoms with Gasteiger partial charge in [-0.25, -0.2) is 9.50 Å². The summed E-state index contributed by atoms with van der Waals surface area (Å²) in [5.41, 5.74) is 9.33. The number of hydrogen-bond acceptors (Lipinski definition) is 6. The second kappa shape index (κ2) is 7.62. The van der Waals surface area contributed by atoms with Gasteiger partial charge in [0.2, 0.25) is 6.33 Å². The lowest BCUT2D eigenvalue weighted by Gasteiger charge is -2.15. The van der Waals surface area contributed by atoms with Gasteiger partial charge in [0.15, 0.2) is 5.65 Å². The number of nitrogens with two attached hydrogens (primary N) is 1. The molecule has 3 amide bonds. The largest absolute Gasteiger partial charge is 0.383 e. The molecule has 9 nitrogen and oxygen atoms in total. The van der Waals surface area contributed by atoms with E-state index in [1.165, 1.54) is 9.42 Å². The third kappa shape index (κ3) is 3.16. The summed E-state index contributed by atoms with van der Waals surface area (Å²) in [6.07, 6.45) is 2.51. The van der Waals surface area contributed by atoms with Crippen LogP contribution in [0.15, 0.2) is 60.7 Å². The first-order chi connectivity index (χ1) is 15.5. The highest BCUT2D eigenvalue weighted by Gasteiger charge is 2.34. The SMILES string of the molecule is NC(=O)c1ccc(-c2ccc(NCCN3C(=O)c4ccccc4C3=O)cc2)n2n[c]nc12. The van der Waals surface area contributed by atoms with E-state index < -0.39 is 5.91 Å². The zero-order valence-electron chi connectivity index (χ0n) is 16.8. The molecule has 2 aromatic carbocycles. The van der Waals surface area contributed by atoms with Crippen LogP contribution < -0.4 is 11.1 Å². The van der Waals surface area contributed by atoms with Crippen molar-refractivity contribution in [1.29, 1.82) is 0 Å². The Kier molecular flexibility index (Phi) is 4.63. The Labute approximate surface area is 182 Å². The van der Waals surface area contributed by atoms with Gasteiger partial charge in [-0.05, 0) is 36.4 Å². The van der Waals surface area contributed by atoms with Crippen LogP contribution in [0.4, 0.5) is 5.69 Å². The molecule has 0 fully saturated rings. The Balaban J connectivity index is 1.28. The van der Waals surface area contributed by atoms with Crippen molar-refractivity contribution >= 4 is 29.1 Å². The molecule has 5 rings (SSSR count). The maximum absolute atomic E-state index is 12.4. The lowest BCUT2D eigenvalue weighted by Crippen LogP contribution is -2.34. The molecule has 0 bridgehead atoms. The molecular formula is C23H17N6O3. The van der Waals surface area contributed by atoms with Crippen molar-refractivity contribution in [2.45, 2.75) is 0 Å². The number of nitrogens with zero attached hydrogens (tertiary/aromatic N) is 4. The number of anilines is 1. The molecule has 0 atom stereocenters. The maximum atomic E-state index is 12.4. The summed E-state index contributed by atoms with van der Waals surface area (Å²) >= 11 is 0. The van der Waals surface area contributed by atoms with E-state index in [4.69, 9.17) is 5.73 Å². The number of amides is 3. The molecule has 3 heterocycles. The molecule has 32 heavy (non-hydrogen) atoms. The highest BCUT2D eigenvalue weighted by atomic mass is 16.2. The predicted molar refractivity (Wildman–Crippen MR) is 116 cm³/mol. The monoisotopic (exact) mass is 425 g/mol. The molecular weight excluding hydrogens is 408 g/mol. The summed E-state index contributed by atoms with van der Waals surface area (Å²) in [7, 11) is 0. The molecule has 0 unspecified atom stereocenters. The molecule has 4 aromatic rings. The second-order valence-electron chi connectivity index (χ2n) is 7.26. The minimum atomic E-state index is -0.583. The highest BCUT2D eigenvalue weighted by Crippen LogP contribution is 2.24. The minimum absolute atomic E-state index is 0.262. The van der Waals surface area contributed by atoms with Crippen LogP contribution in [0.25, 0.3) is 16.9 Å². The van der Waals surface area contributed by atoms with Gasteiger partial charge < -0.3 is 11.1 Å². The van der Waals surface area contributed by atoms with Crippen LogP contribution in [0.5, 0.6) is 0 Å². The van der Waals surface area contributed by atoms with E-state index in [2.05, 4.69) is 21.7 Å². The third-order valence-electron chi connectivity index (χ3n) is 5.37. The van der Waals surface area contributed by atoms with Crippen molar-refractivity contribution in [3.63, 3.8) is 0 Å². The van der Waals surface area contributed by atoms with Crippen LogP contribution in [0.2, 0.25) is 0 Å². The molecule has 9 heteroatoms. The van der Waals surface area contributed by atoms with Crippen molar-refractivity contribution in [3.05, 3.63) is 83.7 Å². The molecule has 0 saturated carbocycles. The average molecular weight is 425 g/mol. The number of carbonyl (C=O) groups is 3. The summed E-state index contributed by atoms with van der Waals surface area (Å²) in [5, 5.41) is 7.30. The smallest absolute Gasteiger partial charge is 0.261 e. The fourth-order valence-electron chi connectivity index (χ4n) is 3.78. The van der Waals surface area contributed by atoms with Crippen molar-refractivity contribution < 1.29 is 14.4 Å². The van der Waals surface area contributed by atoms with E-state index in [0.717, 1.165) is 16.9 Å². The number of carbonyl (C=O) groups excluding carboxylic acids is 3.